The molecule has 0 spiro atoms. The minimum atomic E-state index is -0.617. The van der Waals surface area contributed by atoms with Crippen LogP contribution >= 0.6 is 0 Å². The lowest BCUT2D eigenvalue weighted by Crippen LogP contribution is -2.13. The molecule has 1 rings (SSSR count). The Kier molecular flexibility index (Phi) is 2.89. The first-order chi connectivity index (χ1) is 6.15. The van der Waals surface area contributed by atoms with Crippen molar-refractivity contribution in [3.8, 4) is 5.88 Å². The second-order valence-corrected chi connectivity index (χ2v) is 2.73. The fraction of sp³-hybridized carbons (Fsp3) is 0.500. The highest BCUT2D eigenvalue weighted by Gasteiger charge is 2.17. The van der Waals surface area contributed by atoms with Crippen molar-refractivity contribution < 1.29 is 14.6 Å². The number of carbonyl (C=O) groups excluding carboxylic acids is 1. The van der Waals surface area contributed by atoms with Gasteiger partial charge in [-0.25, -0.2) is 4.79 Å². The third kappa shape index (κ3) is 2.21. The maximum Gasteiger partial charge on any atom is 0.345 e. The molecule has 1 unspecified atom stereocenters. The van der Waals surface area contributed by atoms with E-state index in [-0.39, 0.29) is 11.7 Å². The standard InChI is InChI=1S/C8H11N2O3/c1-3-5(2)13-8(12)6-4-9-10-7(6)11/h4-5H,3H2,1-2H3,(H,9,10). The zero-order valence-corrected chi connectivity index (χ0v) is 7.53. The molecule has 0 aliphatic heterocycles. The Labute approximate surface area is 75.7 Å². The van der Waals surface area contributed by atoms with Crippen molar-refractivity contribution in [1.29, 1.82) is 0 Å². The van der Waals surface area contributed by atoms with Crippen LogP contribution in [-0.2, 0) is 9.84 Å². The molecule has 5 heteroatoms. The van der Waals surface area contributed by atoms with Gasteiger partial charge in [-0.3, -0.25) is 10.2 Å². The van der Waals surface area contributed by atoms with E-state index in [4.69, 9.17) is 4.74 Å². The molecule has 0 aliphatic rings. The number of carbonyl (C=O) groups is 1. The highest BCUT2D eigenvalue weighted by molar-refractivity contribution is 5.91. The number of nitrogens with one attached hydrogen (secondary N) is 1. The Morgan fingerprint density at radius 1 is 1.77 bits per heavy atom. The Morgan fingerprint density at radius 2 is 2.46 bits per heavy atom. The van der Waals surface area contributed by atoms with Crippen molar-refractivity contribution in [2.24, 2.45) is 0 Å². The number of aromatic nitrogens is 2. The SMILES string of the molecule is CCC(C)OC(=O)c1c[nH]nc1[O]. The Morgan fingerprint density at radius 3 is 2.92 bits per heavy atom. The number of esters is 1. The fourth-order valence-electron chi connectivity index (χ4n) is 0.753. The predicted octanol–water partition coefficient (Wildman–Crippen LogP) is 1.51. The van der Waals surface area contributed by atoms with Gasteiger partial charge >= 0.3 is 11.8 Å². The van der Waals surface area contributed by atoms with Crippen molar-refractivity contribution in [2.45, 2.75) is 26.4 Å². The van der Waals surface area contributed by atoms with Gasteiger partial charge in [-0.2, -0.15) is 0 Å². The van der Waals surface area contributed by atoms with Gasteiger partial charge in [-0.1, -0.05) is 6.92 Å². The Balaban J connectivity index is 2.64. The molecule has 1 aromatic heterocycles. The van der Waals surface area contributed by atoms with Gasteiger partial charge in [0.1, 0.15) is 5.56 Å². The number of rotatable bonds is 3. The van der Waals surface area contributed by atoms with Crippen molar-refractivity contribution in [1.82, 2.24) is 10.2 Å². The van der Waals surface area contributed by atoms with Crippen molar-refractivity contribution in [3.63, 3.8) is 0 Å². The lowest BCUT2D eigenvalue weighted by molar-refractivity contribution is 0.0329. The summed E-state index contributed by atoms with van der Waals surface area (Å²) >= 11 is 0. The van der Waals surface area contributed by atoms with E-state index in [9.17, 15) is 9.90 Å². The highest BCUT2D eigenvalue weighted by atomic mass is 16.5. The van der Waals surface area contributed by atoms with E-state index in [1.807, 2.05) is 6.92 Å². The summed E-state index contributed by atoms with van der Waals surface area (Å²) in [6.07, 6.45) is 1.78. The predicted molar refractivity (Wildman–Crippen MR) is 43.9 cm³/mol. The molecule has 0 fully saturated rings. The molecule has 0 aromatic carbocycles. The minimum absolute atomic E-state index is 0.0414. The number of H-pyrrole nitrogens is 1. The molecule has 0 bridgehead atoms. The second kappa shape index (κ2) is 3.93. The van der Waals surface area contributed by atoms with E-state index in [2.05, 4.69) is 10.2 Å². The van der Waals surface area contributed by atoms with E-state index < -0.39 is 11.8 Å². The zero-order valence-electron chi connectivity index (χ0n) is 7.53. The summed E-state index contributed by atoms with van der Waals surface area (Å²) in [5.74, 6) is -1.19. The van der Waals surface area contributed by atoms with Crippen molar-refractivity contribution in [2.75, 3.05) is 0 Å². The number of hydrogen-bond acceptors (Lipinski definition) is 3. The van der Waals surface area contributed by atoms with Gasteiger partial charge in [0, 0.05) is 6.20 Å². The number of hydrogen-bond donors (Lipinski definition) is 1. The smallest absolute Gasteiger partial charge is 0.345 e. The van der Waals surface area contributed by atoms with Crippen LogP contribution in [0.15, 0.2) is 6.20 Å². The summed E-state index contributed by atoms with van der Waals surface area (Å²) < 4.78 is 4.93. The first-order valence-electron chi connectivity index (χ1n) is 4.07. The quantitative estimate of drug-likeness (QED) is 0.721. The Hall–Kier alpha value is -1.52. The highest BCUT2D eigenvalue weighted by Crippen LogP contribution is 2.14. The van der Waals surface area contributed by atoms with Gasteiger partial charge < -0.3 is 4.74 Å². The molecule has 1 heterocycles. The first kappa shape index (κ1) is 9.57. The van der Waals surface area contributed by atoms with E-state index in [0.29, 0.717) is 0 Å². The zero-order chi connectivity index (χ0) is 9.84. The second-order valence-electron chi connectivity index (χ2n) is 2.73. The molecule has 1 radical (unpaired) electrons. The molecule has 0 saturated carbocycles. The summed E-state index contributed by atoms with van der Waals surface area (Å²) in [7, 11) is 0. The van der Waals surface area contributed by atoms with Crippen LogP contribution in [0.3, 0.4) is 0 Å². The maximum absolute atomic E-state index is 11.2. The van der Waals surface area contributed by atoms with Gasteiger partial charge in [-0.15, -0.1) is 5.10 Å². The van der Waals surface area contributed by atoms with E-state index >= 15 is 0 Å². The average molecular weight is 183 g/mol. The van der Waals surface area contributed by atoms with Crippen LogP contribution < -0.4 is 0 Å². The number of aromatic amines is 1. The molecule has 13 heavy (non-hydrogen) atoms. The summed E-state index contributed by atoms with van der Waals surface area (Å²) in [6, 6.07) is 0. The molecular formula is C8H11N2O3. The molecule has 0 amide bonds. The molecule has 0 saturated heterocycles. The van der Waals surface area contributed by atoms with Gasteiger partial charge in [0.2, 0.25) is 0 Å². The van der Waals surface area contributed by atoms with E-state index in [1.165, 1.54) is 6.20 Å². The van der Waals surface area contributed by atoms with Crippen LogP contribution in [0.2, 0.25) is 0 Å². The summed E-state index contributed by atoms with van der Waals surface area (Å²) in [6.45, 7) is 3.66. The average Bonchev–Trinajstić information content (AvgIpc) is 2.51. The normalized spacial score (nSPS) is 12.5. The Bertz CT molecular complexity index is 295. The lowest BCUT2D eigenvalue weighted by Gasteiger charge is -2.08. The van der Waals surface area contributed by atoms with Crippen molar-refractivity contribution in [3.05, 3.63) is 11.8 Å². The molecule has 71 valence electrons. The van der Waals surface area contributed by atoms with Crippen LogP contribution in [0, 0.1) is 0 Å². The van der Waals surface area contributed by atoms with E-state index in [1.54, 1.807) is 6.92 Å². The van der Waals surface area contributed by atoms with Gasteiger partial charge in [0.05, 0.1) is 6.10 Å². The summed E-state index contributed by atoms with van der Waals surface area (Å²) in [4.78, 5) is 11.2. The summed E-state index contributed by atoms with van der Waals surface area (Å²) in [5.41, 5.74) is -0.0414. The number of ether oxygens (including phenoxy) is 1. The molecule has 5 nitrogen and oxygen atoms in total. The number of nitrogens with zero attached hydrogens (tertiary/aromatic N) is 1. The van der Waals surface area contributed by atoms with Crippen LogP contribution in [-0.4, -0.2) is 22.3 Å². The molecule has 1 atom stereocenters. The molecular weight excluding hydrogens is 172 g/mol. The van der Waals surface area contributed by atoms with Crippen molar-refractivity contribution >= 4 is 5.97 Å². The van der Waals surface area contributed by atoms with E-state index in [0.717, 1.165) is 6.42 Å². The largest absolute Gasteiger partial charge is 0.459 e. The monoisotopic (exact) mass is 183 g/mol. The molecule has 1 aromatic rings. The summed E-state index contributed by atoms with van der Waals surface area (Å²) in [5, 5.41) is 16.5. The van der Waals surface area contributed by atoms with Crippen LogP contribution in [0.4, 0.5) is 0 Å². The lowest BCUT2D eigenvalue weighted by atomic mass is 10.3. The third-order valence-electron chi connectivity index (χ3n) is 1.71. The van der Waals surface area contributed by atoms with Gasteiger partial charge in [-0.05, 0) is 13.3 Å². The fourth-order valence-corrected chi connectivity index (χ4v) is 0.753. The van der Waals surface area contributed by atoms with Crippen LogP contribution in [0.1, 0.15) is 30.6 Å². The molecule has 0 aliphatic carbocycles. The first-order valence-corrected chi connectivity index (χ1v) is 4.07. The van der Waals surface area contributed by atoms with Gasteiger partial charge in [0.25, 0.3) is 0 Å². The van der Waals surface area contributed by atoms with Gasteiger partial charge in [0.15, 0.2) is 0 Å². The minimum Gasteiger partial charge on any atom is -0.459 e. The topological polar surface area (TPSA) is 74.9 Å². The van der Waals surface area contributed by atoms with Crippen LogP contribution in [0.25, 0.3) is 0 Å². The molecule has 1 N–H and O–H groups in total. The maximum atomic E-state index is 11.2. The van der Waals surface area contributed by atoms with Crippen LogP contribution in [0.5, 0.6) is 5.88 Å². The third-order valence-corrected chi connectivity index (χ3v) is 1.71.